The van der Waals surface area contributed by atoms with Gasteiger partial charge >= 0.3 is 5.97 Å². The Hall–Kier alpha value is 0.190. The molecule has 0 aliphatic rings. The van der Waals surface area contributed by atoms with Crippen LogP contribution in [0.3, 0.4) is 0 Å². The fraction of sp³-hybridized carbons (Fsp3) is 0.667. The minimum Gasteiger partial charge on any atom is -0.451 e. The van der Waals surface area contributed by atoms with Crippen LogP contribution in [-0.4, -0.2) is 11.8 Å². The molecule has 0 aromatic carbocycles. The Bertz CT molecular complexity index is 66.0. The molecule has 0 aromatic rings. The number of halogens is 1. The number of hydrogen-bond acceptors (Lipinski definition) is 2. The summed E-state index contributed by atoms with van der Waals surface area (Å²) in [6.07, 6.45) is 0.283. The predicted octanol–water partition coefficient (Wildman–Crippen LogP) is 0.949. The van der Waals surface area contributed by atoms with E-state index in [0.29, 0.717) is 5.88 Å². The van der Waals surface area contributed by atoms with Gasteiger partial charge in [-0.1, -0.05) is 0 Å². The molecule has 0 saturated carbocycles. The van der Waals surface area contributed by atoms with E-state index in [1.54, 1.807) is 0 Å². The van der Waals surface area contributed by atoms with Gasteiger partial charge in [-0.15, -0.1) is 11.6 Å². The van der Waals surface area contributed by atoms with Gasteiger partial charge in [0.1, 0.15) is 0 Å². The van der Waals surface area contributed by atoms with Gasteiger partial charge in [-0.3, -0.25) is 4.79 Å². The molecule has 0 aliphatic carbocycles. The Kier molecular flexibility index (Phi) is 4.47. The number of alkyl halides is 1. The van der Waals surface area contributed by atoms with Crippen LogP contribution >= 0.6 is 21.1 Å². The molecule has 0 rings (SSSR count). The van der Waals surface area contributed by atoms with Crippen LogP contribution in [0.2, 0.25) is 0 Å². The molecule has 1 atom stereocenters. The van der Waals surface area contributed by atoms with Crippen molar-refractivity contribution in [1.29, 1.82) is 0 Å². The molecule has 42 valence electrons. The van der Waals surface area contributed by atoms with Crippen LogP contribution < -0.4 is 0 Å². The monoisotopic (exact) mass is 140 g/mol. The molecule has 0 aromatic heterocycles. The lowest BCUT2D eigenvalue weighted by molar-refractivity contribution is -0.132. The zero-order chi connectivity index (χ0) is 5.70. The second-order valence-corrected chi connectivity index (χ2v) is 1.54. The standard InChI is InChI=1S/C3H6ClO2P/c4-2-1-3(5)6-7/h1-2,7H2. The van der Waals surface area contributed by atoms with E-state index >= 15 is 0 Å². The van der Waals surface area contributed by atoms with E-state index in [1.165, 1.54) is 0 Å². The normalized spacial score (nSPS) is 8.29. The lowest BCUT2D eigenvalue weighted by Gasteiger charge is -1.89. The summed E-state index contributed by atoms with van der Waals surface area (Å²) in [4.78, 5) is 10.1. The van der Waals surface area contributed by atoms with E-state index < -0.39 is 0 Å². The van der Waals surface area contributed by atoms with Gasteiger partial charge in [-0.2, -0.15) is 0 Å². The highest BCUT2D eigenvalue weighted by atomic mass is 35.5. The zero-order valence-corrected chi connectivity index (χ0v) is 5.60. The van der Waals surface area contributed by atoms with Crippen molar-refractivity contribution >= 4 is 27.0 Å². The summed E-state index contributed by atoms with van der Waals surface area (Å²) in [5.74, 6) is 0.0350. The molecule has 4 heteroatoms. The third-order valence-electron chi connectivity index (χ3n) is 0.430. The Morgan fingerprint density at radius 3 is 2.57 bits per heavy atom. The largest absolute Gasteiger partial charge is 0.451 e. The second kappa shape index (κ2) is 4.35. The van der Waals surface area contributed by atoms with Crippen LogP contribution in [0.4, 0.5) is 0 Å². The SMILES string of the molecule is O=C(CCCl)OP. The van der Waals surface area contributed by atoms with Crippen molar-refractivity contribution in [2.75, 3.05) is 5.88 Å². The minimum atomic E-state index is -0.292. The number of rotatable bonds is 2. The van der Waals surface area contributed by atoms with Gasteiger partial charge in [-0.25, -0.2) is 0 Å². The van der Waals surface area contributed by atoms with Crippen molar-refractivity contribution in [2.24, 2.45) is 0 Å². The summed E-state index contributed by atoms with van der Waals surface area (Å²) in [5, 5.41) is 0. The lowest BCUT2D eigenvalue weighted by Crippen LogP contribution is -1.95. The third kappa shape index (κ3) is 4.03. The maximum atomic E-state index is 10.1. The van der Waals surface area contributed by atoms with Crippen LogP contribution in [0.25, 0.3) is 0 Å². The minimum absolute atomic E-state index is 0.283. The highest BCUT2D eigenvalue weighted by molar-refractivity contribution is 7.10. The van der Waals surface area contributed by atoms with Crippen molar-refractivity contribution in [2.45, 2.75) is 6.42 Å². The van der Waals surface area contributed by atoms with Gasteiger partial charge in [0.2, 0.25) is 0 Å². The van der Waals surface area contributed by atoms with Crippen LogP contribution in [0.15, 0.2) is 0 Å². The molecule has 0 amide bonds. The first kappa shape index (κ1) is 7.19. The molecular formula is C3H6ClO2P. The van der Waals surface area contributed by atoms with Crippen molar-refractivity contribution in [3.05, 3.63) is 0 Å². The molecule has 7 heavy (non-hydrogen) atoms. The molecule has 0 aliphatic heterocycles. The molecule has 0 heterocycles. The summed E-state index contributed by atoms with van der Waals surface area (Å²) >= 11 is 5.17. The average molecular weight is 141 g/mol. The van der Waals surface area contributed by atoms with Gasteiger partial charge in [0.15, 0.2) is 0 Å². The first-order valence-electron chi connectivity index (χ1n) is 1.76. The van der Waals surface area contributed by atoms with E-state index in [9.17, 15) is 4.79 Å². The molecule has 0 fully saturated rings. The van der Waals surface area contributed by atoms with E-state index in [1.807, 2.05) is 9.47 Å². The Morgan fingerprint density at radius 2 is 2.43 bits per heavy atom. The van der Waals surface area contributed by atoms with Crippen molar-refractivity contribution in [3.63, 3.8) is 0 Å². The number of hydrogen-bond donors (Lipinski definition) is 0. The summed E-state index contributed by atoms with van der Waals surface area (Å²) in [7, 11) is 1.86. The first-order chi connectivity index (χ1) is 3.31. The molecule has 0 spiro atoms. The summed E-state index contributed by atoms with van der Waals surface area (Å²) < 4.78 is 4.18. The molecule has 2 nitrogen and oxygen atoms in total. The topological polar surface area (TPSA) is 26.3 Å². The van der Waals surface area contributed by atoms with E-state index in [2.05, 4.69) is 4.52 Å². The average Bonchev–Trinajstić information content (AvgIpc) is 1.68. The lowest BCUT2D eigenvalue weighted by atomic mass is 10.5. The van der Waals surface area contributed by atoms with Crippen molar-refractivity contribution in [3.8, 4) is 0 Å². The zero-order valence-electron chi connectivity index (χ0n) is 3.69. The van der Waals surface area contributed by atoms with Gasteiger partial charge in [-0.05, 0) is 0 Å². The number of carbonyl (C=O) groups excluding carboxylic acids is 1. The highest BCUT2D eigenvalue weighted by Gasteiger charge is 1.94. The molecule has 0 radical (unpaired) electrons. The van der Waals surface area contributed by atoms with Crippen LogP contribution in [0.1, 0.15) is 6.42 Å². The molecular weight excluding hydrogens is 134 g/mol. The third-order valence-corrected chi connectivity index (χ3v) is 0.882. The molecule has 1 unspecified atom stereocenters. The smallest absolute Gasteiger partial charge is 0.309 e. The summed E-state index contributed by atoms with van der Waals surface area (Å²) in [6.45, 7) is 0. The fourth-order valence-electron chi connectivity index (χ4n) is 0.136. The first-order valence-corrected chi connectivity index (χ1v) is 2.77. The molecule has 0 N–H and O–H groups in total. The van der Waals surface area contributed by atoms with Gasteiger partial charge < -0.3 is 4.52 Å². The molecule has 0 bridgehead atoms. The van der Waals surface area contributed by atoms with Crippen LogP contribution in [0, 0.1) is 0 Å². The van der Waals surface area contributed by atoms with Gasteiger partial charge in [0.25, 0.3) is 0 Å². The predicted molar refractivity (Wildman–Crippen MR) is 31.1 cm³/mol. The van der Waals surface area contributed by atoms with Crippen LogP contribution in [0.5, 0.6) is 0 Å². The quantitative estimate of drug-likeness (QED) is 0.422. The second-order valence-electron chi connectivity index (χ2n) is 0.929. The van der Waals surface area contributed by atoms with E-state index in [4.69, 9.17) is 11.6 Å². The Labute approximate surface area is 49.5 Å². The molecule has 0 saturated heterocycles. The highest BCUT2D eigenvalue weighted by Crippen LogP contribution is 1.92. The van der Waals surface area contributed by atoms with Crippen LogP contribution in [-0.2, 0) is 9.32 Å². The van der Waals surface area contributed by atoms with E-state index in [0.717, 1.165) is 0 Å². The van der Waals surface area contributed by atoms with Gasteiger partial charge in [0, 0.05) is 5.88 Å². The number of carbonyl (C=O) groups is 1. The maximum Gasteiger partial charge on any atom is 0.309 e. The van der Waals surface area contributed by atoms with Gasteiger partial charge in [0.05, 0.1) is 15.9 Å². The fourth-order valence-corrected chi connectivity index (χ4v) is 0.408. The maximum absolute atomic E-state index is 10.1. The summed E-state index contributed by atoms with van der Waals surface area (Å²) in [6, 6.07) is 0. The Balaban J connectivity index is 3.00. The van der Waals surface area contributed by atoms with Crippen molar-refractivity contribution < 1.29 is 9.32 Å². The van der Waals surface area contributed by atoms with E-state index in [-0.39, 0.29) is 12.4 Å². The Morgan fingerprint density at radius 1 is 1.86 bits per heavy atom. The summed E-state index contributed by atoms with van der Waals surface area (Å²) in [5.41, 5.74) is 0. The van der Waals surface area contributed by atoms with Crippen molar-refractivity contribution in [1.82, 2.24) is 0 Å².